The molecule has 0 bridgehead atoms. The highest BCUT2D eigenvalue weighted by Gasteiger charge is 2.19. The molecular weight excluding hydrogens is 248 g/mol. The Morgan fingerprint density at radius 3 is 2.50 bits per heavy atom. The Hall–Kier alpha value is -1.06. The van der Waals surface area contributed by atoms with Gasteiger partial charge >= 0.3 is 0 Å². The van der Waals surface area contributed by atoms with Crippen LogP contribution in [-0.2, 0) is 4.74 Å². The minimum absolute atomic E-state index is 0.316. The number of nitrogens with one attached hydrogen (secondary N) is 2. The molecule has 0 radical (unpaired) electrons. The molecule has 3 nitrogen and oxygen atoms in total. The molecule has 0 amide bonds. The van der Waals surface area contributed by atoms with Crippen LogP contribution in [0.2, 0.25) is 0 Å². The number of rotatable bonds is 5. The van der Waals surface area contributed by atoms with Gasteiger partial charge in [-0.2, -0.15) is 0 Å². The highest BCUT2D eigenvalue weighted by atomic mass is 16.5. The molecule has 114 valence electrons. The summed E-state index contributed by atoms with van der Waals surface area (Å²) in [5.41, 5.74) is 2.25. The fourth-order valence-corrected chi connectivity index (χ4v) is 2.62. The summed E-state index contributed by atoms with van der Waals surface area (Å²) in [7, 11) is 0. The first kappa shape index (κ1) is 17.0. The molecule has 2 N–H and O–H groups in total. The van der Waals surface area contributed by atoms with Crippen LogP contribution in [-0.4, -0.2) is 31.8 Å². The normalized spacial score (nSPS) is 23.4. The van der Waals surface area contributed by atoms with Crippen molar-refractivity contribution in [2.75, 3.05) is 19.7 Å². The first-order valence-electron chi connectivity index (χ1n) is 7.90. The third kappa shape index (κ3) is 5.14. The summed E-state index contributed by atoms with van der Waals surface area (Å²) in [6.07, 6.45) is 9.32. The smallest absolute Gasteiger partial charge is 0.0684 e. The van der Waals surface area contributed by atoms with Gasteiger partial charge in [-0.15, -0.1) is 0 Å². The minimum atomic E-state index is 0.316. The minimum Gasteiger partial charge on any atom is -0.378 e. The van der Waals surface area contributed by atoms with E-state index in [2.05, 4.69) is 23.8 Å². The maximum atomic E-state index is 5.97. The fraction of sp³-hybridized carbons (Fsp3) is 0.647. The van der Waals surface area contributed by atoms with Gasteiger partial charge in [0.05, 0.1) is 18.8 Å². The number of allylic oxidation sites excluding steroid dienone is 1. The van der Waals surface area contributed by atoms with Crippen molar-refractivity contribution in [1.29, 1.82) is 0 Å². The predicted molar refractivity (Wildman–Crippen MR) is 86.8 cm³/mol. The lowest BCUT2D eigenvalue weighted by molar-refractivity contribution is 0.0451. The molecule has 0 spiro atoms. The van der Waals surface area contributed by atoms with Gasteiger partial charge < -0.3 is 15.4 Å². The highest BCUT2D eigenvalue weighted by molar-refractivity contribution is 5.32. The third-order valence-electron chi connectivity index (χ3n) is 3.70. The standard InChI is InChI=1S/C15H24N2O.C2H6/c1-3-12-9-16-10-13(17-15(12)4-2)11-18-14-7-5-6-8-14;1-2/h3-4,13-14,16-17H,1-2,5-11H2;1-2H3. The van der Waals surface area contributed by atoms with Crippen LogP contribution in [0.4, 0.5) is 0 Å². The molecule has 1 fully saturated rings. The highest BCUT2D eigenvalue weighted by Crippen LogP contribution is 2.21. The molecule has 1 saturated carbocycles. The molecule has 1 heterocycles. The maximum absolute atomic E-state index is 5.97. The van der Waals surface area contributed by atoms with E-state index in [0.717, 1.165) is 25.4 Å². The quantitative estimate of drug-likeness (QED) is 0.810. The van der Waals surface area contributed by atoms with Crippen LogP contribution in [0, 0.1) is 0 Å². The van der Waals surface area contributed by atoms with Crippen LogP contribution in [0.5, 0.6) is 0 Å². The van der Waals surface area contributed by atoms with E-state index in [4.69, 9.17) is 4.74 Å². The van der Waals surface area contributed by atoms with Crippen LogP contribution < -0.4 is 10.6 Å². The summed E-state index contributed by atoms with van der Waals surface area (Å²) in [4.78, 5) is 0. The van der Waals surface area contributed by atoms with Gasteiger partial charge in [-0.3, -0.25) is 0 Å². The van der Waals surface area contributed by atoms with E-state index in [-0.39, 0.29) is 0 Å². The van der Waals surface area contributed by atoms with Crippen molar-refractivity contribution in [3.05, 3.63) is 36.6 Å². The maximum Gasteiger partial charge on any atom is 0.0684 e. The third-order valence-corrected chi connectivity index (χ3v) is 3.70. The van der Waals surface area contributed by atoms with Gasteiger partial charge in [0.25, 0.3) is 0 Å². The van der Waals surface area contributed by atoms with E-state index in [0.29, 0.717) is 12.1 Å². The molecular formula is C17H30N2O. The monoisotopic (exact) mass is 278 g/mol. The van der Waals surface area contributed by atoms with Gasteiger partial charge in [0.1, 0.15) is 0 Å². The van der Waals surface area contributed by atoms with Gasteiger partial charge in [0.15, 0.2) is 0 Å². The first-order valence-corrected chi connectivity index (χ1v) is 7.90. The van der Waals surface area contributed by atoms with E-state index >= 15 is 0 Å². The number of hydrogen-bond donors (Lipinski definition) is 2. The molecule has 2 aliphatic rings. The van der Waals surface area contributed by atoms with Crippen molar-refractivity contribution in [3.63, 3.8) is 0 Å². The molecule has 1 aliphatic carbocycles. The Morgan fingerprint density at radius 1 is 1.20 bits per heavy atom. The van der Waals surface area contributed by atoms with Crippen molar-refractivity contribution in [3.8, 4) is 0 Å². The van der Waals surface area contributed by atoms with Crippen LogP contribution in [0.25, 0.3) is 0 Å². The number of hydrogen-bond acceptors (Lipinski definition) is 3. The molecule has 3 heteroatoms. The average molecular weight is 278 g/mol. The first-order chi connectivity index (χ1) is 9.83. The van der Waals surface area contributed by atoms with Gasteiger partial charge in [-0.1, -0.05) is 45.9 Å². The Balaban J connectivity index is 0.000000956. The van der Waals surface area contributed by atoms with Gasteiger partial charge in [-0.25, -0.2) is 0 Å². The second kappa shape index (κ2) is 9.78. The van der Waals surface area contributed by atoms with Crippen molar-refractivity contribution in [1.82, 2.24) is 10.6 Å². The lowest BCUT2D eigenvalue weighted by Crippen LogP contribution is -2.40. The van der Waals surface area contributed by atoms with Gasteiger partial charge in [0, 0.05) is 18.8 Å². The van der Waals surface area contributed by atoms with E-state index < -0.39 is 0 Å². The summed E-state index contributed by atoms with van der Waals surface area (Å²) in [5, 5.41) is 6.91. The second-order valence-electron chi connectivity index (χ2n) is 5.06. The molecule has 1 atom stereocenters. The zero-order chi connectivity index (χ0) is 14.8. The van der Waals surface area contributed by atoms with Crippen molar-refractivity contribution < 1.29 is 4.74 Å². The average Bonchev–Trinajstić information content (AvgIpc) is 2.93. The van der Waals surface area contributed by atoms with Crippen LogP contribution in [0.3, 0.4) is 0 Å². The summed E-state index contributed by atoms with van der Waals surface area (Å²) in [6, 6.07) is 0.316. The molecule has 0 aromatic carbocycles. The van der Waals surface area contributed by atoms with Crippen molar-refractivity contribution >= 4 is 0 Å². The second-order valence-corrected chi connectivity index (χ2v) is 5.06. The number of ether oxygens (including phenoxy) is 1. The summed E-state index contributed by atoms with van der Waals surface area (Å²) in [6.45, 7) is 14.2. The SMILES string of the molecule is C=CC1=C(C=C)NC(COC2CCCC2)CNC1.CC. The van der Waals surface area contributed by atoms with E-state index in [1.54, 1.807) is 0 Å². The zero-order valence-electron chi connectivity index (χ0n) is 13.1. The molecule has 0 aromatic heterocycles. The molecule has 0 saturated heterocycles. The van der Waals surface area contributed by atoms with Crippen LogP contribution in [0.1, 0.15) is 39.5 Å². The summed E-state index contributed by atoms with van der Waals surface area (Å²) >= 11 is 0. The largest absolute Gasteiger partial charge is 0.378 e. The van der Waals surface area contributed by atoms with Gasteiger partial charge in [-0.05, 0) is 24.5 Å². The van der Waals surface area contributed by atoms with Crippen molar-refractivity contribution in [2.24, 2.45) is 0 Å². The molecule has 20 heavy (non-hydrogen) atoms. The van der Waals surface area contributed by atoms with E-state index in [1.165, 1.54) is 31.3 Å². The molecule has 2 rings (SSSR count). The fourth-order valence-electron chi connectivity index (χ4n) is 2.62. The van der Waals surface area contributed by atoms with E-state index in [1.807, 2.05) is 26.0 Å². The molecule has 1 unspecified atom stereocenters. The Bertz CT molecular complexity index is 330. The lowest BCUT2D eigenvalue weighted by atomic mass is 10.2. The molecule has 0 aromatic rings. The Kier molecular flexibility index (Phi) is 8.31. The zero-order valence-corrected chi connectivity index (χ0v) is 13.1. The van der Waals surface area contributed by atoms with Crippen LogP contribution in [0.15, 0.2) is 36.6 Å². The molecule has 1 aliphatic heterocycles. The topological polar surface area (TPSA) is 33.3 Å². The Morgan fingerprint density at radius 2 is 1.90 bits per heavy atom. The van der Waals surface area contributed by atoms with E-state index in [9.17, 15) is 0 Å². The van der Waals surface area contributed by atoms with Gasteiger partial charge in [0.2, 0.25) is 0 Å². The summed E-state index contributed by atoms with van der Waals surface area (Å²) in [5.74, 6) is 0. The Labute approximate surface area is 124 Å². The predicted octanol–water partition coefficient (Wildman–Crippen LogP) is 3.16. The summed E-state index contributed by atoms with van der Waals surface area (Å²) < 4.78 is 5.97. The van der Waals surface area contributed by atoms with Crippen molar-refractivity contribution in [2.45, 2.75) is 51.7 Å². The lowest BCUT2D eigenvalue weighted by Gasteiger charge is -2.21. The van der Waals surface area contributed by atoms with Crippen LogP contribution >= 0.6 is 0 Å².